The van der Waals surface area contributed by atoms with Crippen LogP contribution in [-0.4, -0.2) is 49.7 Å². The number of hydrogen-bond donors (Lipinski definition) is 1. The van der Waals surface area contributed by atoms with E-state index in [9.17, 15) is 4.79 Å². The zero-order valence-corrected chi connectivity index (χ0v) is 16.4. The fourth-order valence-corrected chi connectivity index (χ4v) is 5.22. The molecule has 1 spiro atoms. The lowest BCUT2D eigenvalue weighted by atomic mass is 9.73. The summed E-state index contributed by atoms with van der Waals surface area (Å²) in [4.78, 5) is 19.6. The molecule has 0 atom stereocenters. The zero-order valence-electron chi connectivity index (χ0n) is 15.6. The second kappa shape index (κ2) is 6.98. The Morgan fingerprint density at radius 1 is 1.26 bits per heavy atom. The molecule has 7 nitrogen and oxygen atoms in total. The molecule has 2 fully saturated rings. The van der Waals surface area contributed by atoms with Gasteiger partial charge in [0.15, 0.2) is 0 Å². The lowest BCUT2D eigenvalue weighted by molar-refractivity contribution is 0.0615. The summed E-state index contributed by atoms with van der Waals surface area (Å²) in [6, 6.07) is 0.331. The van der Waals surface area contributed by atoms with E-state index in [1.165, 1.54) is 24.3 Å². The van der Waals surface area contributed by atoms with Gasteiger partial charge in [0.25, 0.3) is 5.91 Å². The molecular weight excluding hydrogens is 360 g/mol. The minimum atomic E-state index is -0.0447. The first-order chi connectivity index (χ1) is 13.2. The third kappa shape index (κ3) is 3.40. The number of carbonyl (C=O) groups is 1. The third-order valence-electron chi connectivity index (χ3n) is 6.60. The molecule has 4 heterocycles. The number of nitrogens with zero attached hydrogens (tertiary/aromatic N) is 5. The lowest BCUT2D eigenvalue weighted by Gasteiger charge is -2.44. The summed E-state index contributed by atoms with van der Waals surface area (Å²) in [6.45, 7) is 4.04. The highest BCUT2D eigenvalue weighted by Gasteiger charge is 2.40. The highest BCUT2D eigenvalue weighted by atomic mass is 32.1. The Labute approximate surface area is 163 Å². The molecule has 2 aliphatic heterocycles. The Morgan fingerprint density at radius 2 is 2.11 bits per heavy atom. The van der Waals surface area contributed by atoms with E-state index >= 15 is 0 Å². The summed E-state index contributed by atoms with van der Waals surface area (Å²) < 4.78 is 2.11. The number of fused-ring (bicyclic) bond motifs is 1. The van der Waals surface area contributed by atoms with Gasteiger partial charge >= 0.3 is 0 Å². The molecule has 1 saturated carbocycles. The number of carbonyl (C=O) groups excluding carboxylic acids is 1. The standard InChI is InChI=1S/C19H26N6OS/c26-18(21-14-2-1-3-14)17-23-22-15-4-5-19(13-25(15)17)6-9-24(10-7-19)12-16-20-8-11-27-16/h8,11,14H,1-7,9-10,12-13H2,(H,21,26). The van der Waals surface area contributed by atoms with Crippen molar-refractivity contribution in [2.45, 2.75) is 64.1 Å². The van der Waals surface area contributed by atoms with Crippen molar-refractivity contribution in [1.82, 2.24) is 30.0 Å². The minimum Gasteiger partial charge on any atom is -0.347 e. The van der Waals surface area contributed by atoms with Crippen LogP contribution in [0.4, 0.5) is 0 Å². The summed E-state index contributed by atoms with van der Waals surface area (Å²) in [6.07, 6.45) is 9.69. The molecule has 5 rings (SSSR count). The maximum atomic E-state index is 12.6. The quantitative estimate of drug-likeness (QED) is 0.872. The molecule has 0 unspecified atom stereocenters. The van der Waals surface area contributed by atoms with Crippen LogP contribution >= 0.6 is 11.3 Å². The molecular formula is C19H26N6OS. The van der Waals surface area contributed by atoms with Gasteiger partial charge in [0.2, 0.25) is 5.82 Å². The van der Waals surface area contributed by atoms with Crippen LogP contribution in [-0.2, 0) is 19.5 Å². The van der Waals surface area contributed by atoms with Crippen molar-refractivity contribution >= 4 is 17.2 Å². The molecule has 144 valence electrons. The normalized spacial score (nSPS) is 22.4. The van der Waals surface area contributed by atoms with E-state index < -0.39 is 0 Å². The predicted octanol–water partition coefficient (Wildman–Crippen LogP) is 2.25. The molecule has 2 aromatic heterocycles. The van der Waals surface area contributed by atoms with E-state index in [0.717, 1.165) is 57.7 Å². The number of aromatic nitrogens is 4. The van der Waals surface area contributed by atoms with E-state index in [0.29, 0.717) is 11.9 Å². The molecule has 1 N–H and O–H groups in total. The largest absolute Gasteiger partial charge is 0.347 e. The zero-order chi connectivity index (χ0) is 18.3. The van der Waals surface area contributed by atoms with Gasteiger partial charge in [0, 0.05) is 30.6 Å². The fourth-order valence-electron chi connectivity index (χ4n) is 4.56. The summed E-state index contributed by atoms with van der Waals surface area (Å²) >= 11 is 1.73. The fraction of sp³-hybridized carbons (Fsp3) is 0.684. The van der Waals surface area contributed by atoms with Crippen LogP contribution in [0.15, 0.2) is 11.6 Å². The number of piperidine rings is 1. The SMILES string of the molecule is O=C(NC1CCC1)c1nnc2n1CC1(CC2)CCN(Cc2nccs2)CC1. The highest BCUT2D eigenvalue weighted by Crippen LogP contribution is 2.41. The van der Waals surface area contributed by atoms with E-state index in [1.54, 1.807) is 11.3 Å². The number of thiazole rings is 1. The van der Waals surface area contributed by atoms with Gasteiger partial charge in [-0.1, -0.05) is 0 Å². The van der Waals surface area contributed by atoms with Gasteiger partial charge in [-0.2, -0.15) is 0 Å². The molecule has 0 radical (unpaired) electrons. The van der Waals surface area contributed by atoms with Crippen LogP contribution in [0.25, 0.3) is 0 Å². The Balaban J connectivity index is 1.25. The average Bonchev–Trinajstić information content (AvgIpc) is 3.29. The molecule has 2 aromatic rings. The number of nitrogens with one attached hydrogen (secondary N) is 1. The third-order valence-corrected chi connectivity index (χ3v) is 7.37. The Hall–Kier alpha value is -1.80. The maximum absolute atomic E-state index is 12.6. The first kappa shape index (κ1) is 17.3. The second-order valence-corrected chi connectivity index (χ2v) is 9.31. The first-order valence-electron chi connectivity index (χ1n) is 10.0. The highest BCUT2D eigenvalue weighted by molar-refractivity contribution is 7.09. The Bertz CT molecular complexity index is 804. The van der Waals surface area contributed by atoms with Crippen LogP contribution in [0.5, 0.6) is 0 Å². The van der Waals surface area contributed by atoms with Crippen LogP contribution in [0.1, 0.15) is 60.0 Å². The van der Waals surface area contributed by atoms with Crippen LogP contribution in [0.3, 0.4) is 0 Å². The molecule has 27 heavy (non-hydrogen) atoms. The summed E-state index contributed by atoms with van der Waals surface area (Å²) in [7, 11) is 0. The second-order valence-electron chi connectivity index (χ2n) is 8.33. The van der Waals surface area contributed by atoms with E-state index in [-0.39, 0.29) is 11.3 Å². The molecule has 0 bridgehead atoms. The van der Waals surface area contributed by atoms with Crippen molar-refractivity contribution in [3.05, 3.63) is 28.2 Å². The average molecular weight is 387 g/mol. The van der Waals surface area contributed by atoms with Crippen LogP contribution in [0.2, 0.25) is 0 Å². The van der Waals surface area contributed by atoms with Crippen molar-refractivity contribution in [2.24, 2.45) is 5.41 Å². The van der Waals surface area contributed by atoms with E-state index in [2.05, 4.69) is 30.0 Å². The summed E-state index contributed by atoms with van der Waals surface area (Å²) in [5.74, 6) is 1.45. The van der Waals surface area contributed by atoms with Crippen molar-refractivity contribution in [3.8, 4) is 0 Å². The Morgan fingerprint density at radius 3 is 2.81 bits per heavy atom. The van der Waals surface area contributed by atoms with E-state index in [1.807, 2.05) is 11.6 Å². The number of rotatable bonds is 4. The lowest BCUT2D eigenvalue weighted by Crippen LogP contribution is -2.45. The molecule has 1 amide bonds. The number of likely N-dealkylation sites (tertiary alicyclic amines) is 1. The maximum Gasteiger partial charge on any atom is 0.289 e. The monoisotopic (exact) mass is 386 g/mol. The van der Waals surface area contributed by atoms with Crippen molar-refractivity contribution in [3.63, 3.8) is 0 Å². The summed E-state index contributed by atoms with van der Waals surface area (Å²) in [5.41, 5.74) is 0.278. The van der Waals surface area contributed by atoms with Gasteiger partial charge in [0.05, 0.1) is 6.54 Å². The van der Waals surface area contributed by atoms with Crippen LogP contribution in [0, 0.1) is 5.41 Å². The first-order valence-corrected chi connectivity index (χ1v) is 10.9. The predicted molar refractivity (Wildman–Crippen MR) is 103 cm³/mol. The topological polar surface area (TPSA) is 75.9 Å². The van der Waals surface area contributed by atoms with Gasteiger partial charge in [-0.15, -0.1) is 21.5 Å². The van der Waals surface area contributed by atoms with Crippen molar-refractivity contribution in [2.75, 3.05) is 13.1 Å². The number of hydrogen-bond acceptors (Lipinski definition) is 6. The van der Waals surface area contributed by atoms with Crippen molar-refractivity contribution < 1.29 is 4.79 Å². The summed E-state index contributed by atoms with van der Waals surface area (Å²) in [5, 5.41) is 14.9. The molecule has 1 aliphatic carbocycles. The van der Waals surface area contributed by atoms with Gasteiger partial charge in [-0.05, 0) is 57.0 Å². The number of amides is 1. The van der Waals surface area contributed by atoms with Gasteiger partial charge in [-0.25, -0.2) is 4.98 Å². The van der Waals surface area contributed by atoms with Gasteiger partial charge in [0.1, 0.15) is 10.8 Å². The molecule has 1 saturated heterocycles. The van der Waals surface area contributed by atoms with Crippen molar-refractivity contribution in [1.29, 1.82) is 0 Å². The van der Waals surface area contributed by atoms with Gasteiger partial charge < -0.3 is 9.88 Å². The van der Waals surface area contributed by atoms with E-state index in [4.69, 9.17) is 0 Å². The molecule has 8 heteroatoms. The smallest absolute Gasteiger partial charge is 0.289 e. The molecule has 3 aliphatic rings. The Kier molecular flexibility index (Phi) is 4.47. The molecule has 0 aromatic carbocycles. The number of aryl methyl sites for hydroxylation is 1. The van der Waals surface area contributed by atoms with Gasteiger partial charge in [-0.3, -0.25) is 9.69 Å². The minimum absolute atomic E-state index is 0.0447. The van der Waals surface area contributed by atoms with Crippen LogP contribution < -0.4 is 5.32 Å².